The monoisotopic (exact) mass is 344 g/mol. The zero-order valence-electron chi connectivity index (χ0n) is 12.6. The Morgan fingerprint density at radius 2 is 2.17 bits per heavy atom. The highest BCUT2D eigenvalue weighted by Crippen LogP contribution is 2.35. The van der Waals surface area contributed by atoms with Crippen molar-refractivity contribution < 1.29 is 18.0 Å². The molecule has 124 valence electrons. The largest absolute Gasteiger partial charge is 0.433 e. The third-order valence-electron chi connectivity index (χ3n) is 3.99. The van der Waals surface area contributed by atoms with Crippen LogP contribution >= 0.6 is 11.3 Å². The van der Waals surface area contributed by atoms with Crippen molar-refractivity contribution >= 4 is 17.2 Å². The number of likely N-dealkylation sites (tertiary alicyclic amines) is 1. The Kier molecular flexibility index (Phi) is 3.91. The maximum Gasteiger partial charge on any atom is 0.433 e. The third-order valence-corrected chi connectivity index (χ3v) is 4.78. The summed E-state index contributed by atoms with van der Waals surface area (Å²) in [5.41, 5.74) is -0.512. The van der Waals surface area contributed by atoms with Crippen LogP contribution in [0.25, 0.3) is 0 Å². The molecule has 1 aliphatic rings. The number of aromatic amines is 1. The Morgan fingerprint density at radius 1 is 1.43 bits per heavy atom. The Hall–Kier alpha value is -1.90. The number of aryl methyl sites for hydroxylation is 1. The Labute approximate surface area is 134 Å². The lowest BCUT2D eigenvalue weighted by Crippen LogP contribution is -2.31. The second-order valence-electron chi connectivity index (χ2n) is 5.52. The van der Waals surface area contributed by atoms with Gasteiger partial charge in [-0.05, 0) is 26.7 Å². The number of halogens is 3. The minimum absolute atomic E-state index is 0.164. The van der Waals surface area contributed by atoms with Gasteiger partial charge in [0, 0.05) is 17.5 Å². The molecule has 1 amide bonds. The predicted octanol–water partition coefficient (Wildman–Crippen LogP) is 3.48. The van der Waals surface area contributed by atoms with E-state index in [-0.39, 0.29) is 17.3 Å². The van der Waals surface area contributed by atoms with E-state index in [4.69, 9.17) is 0 Å². The number of nitrogens with one attached hydrogen (secondary N) is 1. The van der Waals surface area contributed by atoms with Gasteiger partial charge in [-0.25, -0.2) is 4.98 Å². The van der Waals surface area contributed by atoms with Crippen LogP contribution in [0.2, 0.25) is 0 Å². The summed E-state index contributed by atoms with van der Waals surface area (Å²) in [5.74, 6) is -0.484. The normalized spacial score (nSPS) is 18.7. The minimum atomic E-state index is -4.55. The minimum Gasteiger partial charge on any atom is -0.329 e. The van der Waals surface area contributed by atoms with Crippen LogP contribution < -0.4 is 0 Å². The maximum atomic E-state index is 12.8. The second kappa shape index (κ2) is 5.63. The van der Waals surface area contributed by atoms with Gasteiger partial charge in [0.25, 0.3) is 5.91 Å². The molecule has 23 heavy (non-hydrogen) atoms. The number of hydrogen-bond donors (Lipinski definition) is 1. The highest BCUT2D eigenvalue weighted by Gasteiger charge is 2.39. The van der Waals surface area contributed by atoms with Crippen LogP contribution in [0.5, 0.6) is 0 Å². The molecule has 0 spiro atoms. The van der Waals surface area contributed by atoms with Crippen LogP contribution in [0, 0.1) is 13.8 Å². The molecule has 2 aromatic heterocycles. The molecule has 3 rings (SSSR count). The van der Waals surface area contributed by atoms with E-state index in [0.29, 0.717) is 6.54 Å². The molecule has 0 bridgehead atoms. The van der Waals surface area contributed by atoms with Crippen molar-refractivity contribution in [1.82, 2.24) is 20.1 Å². The van der Waals surface area contributed by atoms with Crippen molar-refractivity contribution in [2.45, 2.75) is 38.9 Å². The molecular weight excluding hydrogens is 329 g/mol. The molecule has 0 saturated carbocycles. The summed E-state index contributed by atoms with van der Waals surface area (Å²) in [6.45, 7) is 3.63. The summed E-state index contributed by atoms with van der Waals surface area (Å²) in [6, 6.07) is -0.196. The lowest BCUT2D eigenvalue weighted by atomic mass is 10.1. The number of thiazole rings is 1. The molecule has 0 aliphatic carbocycles. The van der Waals surface area contributed by atoms with Crippen molar-refractivity contribution in [2.75, 3.05) is 6.54 Å². The highest BCUT2D eigenvalue weighted by atomic mass is 32.1. The molecule has 1 aliphatic heterocycles. The van der Waals surface area contributed by atoms with Gasteiger partial charge in [-0.2, -0.15) is 18.3 Å². The summed E-state index contributed by atoms with van der Waals surface area (Å²) in [5, 5.41) is 8.34. The van der Waals surface area contributed by atoms with Crippen LogP contribution in [-0.4, -0.2) is 32.5 Å². The van der Waals surface area contributed by atoms with Crippen LogP contribution in [0.1, 0.15) is 51.3 Å². The van der Waals surface area contributed by atoms with Crippen LogP contribution in [0.3, 0.4) is 0 Å². The van der Waals surface area contributed by atoms with Gasteiger partial charge in [0.1, 0.15) is 5.69 Å². The predicted molar refractivity (Wildman–Crippen MR) is 78.2 cm³/mol. The quantitative estimate of drug-likeness (QED) is 0.907. The van der Waals surface area contributed by atoms with E-state index in [9.17, 15) is 18.0 Å². The number of alkyl halides is 3. The molecule has 1 saturated heterocycles. The van der Waals surface area contributed by atoms with Gasteiger partial charge in [-0.15, -0.1) is 11.3 Å². The zero-order chi connectivity index (χ0) is 16.8. The first-order valence-corrected chi connectivity index (χ1v) is 8.02. The van der Waals surface area contributed by atoms with Gasteiger partial charge < -0.3 is 4.90 Å². The zero-order valence-corrected chi connectivity index (χ0v) is 13.4. The molecule has 1 N–H and O–H groups in total. The molecule has 0 unspecified atom stereocenters. The Morgan fingerprint density at radius 3 is 2.74 bits per heavy atom. The number of rotatable bonds is 2. The van der Waals surface area contributed by atoms with Gasteiger partial charge >= 0.3 is 6.18 Å². The number of carbonyl (C=O) groups is 1. The van der Waals surface area contributed by atoms with E-state index in [1.807, 2.05) is 17.4 Å². The maximum absolute atomic E-state index is 12.8. The van der Waals surface area contributed by atoms with E-state index < -0.39 is 17.8 Å². The SMILES string of the molecule is Cc1nc([C@H]2CCCN2C(=O)c2n[nH]c(C(F)(F)F)c2C)cs1. The van der Waals surface area contributed by atoms with Gasteiger partial charge in [0.15, 0.2) is 5.69 Å². The summed E-state index contributed by atoms with van der Waals surface area (Å²) >= 11 is 1.49. The van der Waals surface area contributed by atoms with E-state index in [0.717, 1.165) is 23.5 Å². The number of aromatic nitrogens is 3. The topological polar surface area (TPSA) is 61.9 Å². The number of carbonyl (C=O) groups excluding carboxylic acids is 1. The van der Waals surface area contributed by atoms with E-state index in [1.165, 1.54) is 18.3 Å². The number of nitrogens with zero attached hydrogens (tertiary/aromatic N) is 3. The van der Waals surface area contributed by atoms with Crippen LogP contribution in [0.4, 0.5) is 13.2 Å². The molecule has 5 nitrogen and oxygen atoms in total. The van der Waals surface area contributed by atoms with Gasteiger partial charge in [0.2, 0.25) is 0 Å². The first kappa shape index (κ1) is 16.0. The summed E-state index contributed by atoms with van der Waals surface area (Å²) in [6.07, 6.45) is -3.00. The fourth-order valence-corrected chi connectivity index (χ4v) is 3.53. The fourth-order valence-electron chi connectivity index (χ4n) is 2.87. The standard InChI is InChI=1S/C14H15F3N4OS/c1-7-11(19-20-12(7)14(15,16)17)13(22)21-5-3-4-10(21)9-6-23-8(2)18-9/h6,10H,3-5H2,1-2H3,(H,19,20)/t10-/m1/s1. The smallest absolute Gasteiger partial charge is 0.329 e. The number of amides is 1. The van der Waals surface area contributed by atoms with E-state index >= 15 is 0 Å². The van der Waals surface area contributed by atoms with Gasteiger partial charge in [0.05, 0.1) is 16.7 Å². The van der Waals surface area contributed by atoms with Crippen molar-refractivity contribution in [3.8, 4) is 0 Å². The van der Waals surface area contributed by atoms with Crippen LogP contribution in [0.15, 0.2) is 5.38 Å². The Balaban J connectivity index is 1.89. The first-order chi connectivity index (χ1) is 10.8. The summed E-state index contributed by atoms with van der Waals surface area (Å²) < 4.78 is 38.5. The van der Waals surface area contributed by atoms with Crippen molar-refractivity contribution in [3.05, 3.63) is 33.0 Å². The van der Waals surface area contributed by atoms with Gasteiger partial charge in [-0.3, -0.25) is 9.89 Å². The number of hydrogen-bond acceptors (Lipinski definition) is 4. The van der Waals surface area contributed by atoms with Gasteiger partial charge in [-0.1, -0.05) is 0 Å². The van der Waals surface area contributed by atoms with Crippen molar-refractivity contribution in [1.29, 1.82) is 0 Å². The average Bonchev–Trinajstić information content (AvgIpc) is 3.15. The molecule has 1 fully saturated rings. The lowest BCUT2D eigenvalue weighted by Gasteiger charge is -2.22. The average molecular weight is 344 g/mol. The molecule has 0 radical (unpaired) electrons. The molecule has 3 heterocycles. The molecule has 0 aromatic carbocycles. The first-order valence-electron chi connectivity index (χ1n) is 7.14. The summed E-state index contributed by atoms with van der Waals surface area (Å²) in [7, 11) is 0. The second-order valence-corrected chi connectivity index (χ2v) is 6.58. The third kappa shape index (κ3) is 2.85. The van der Waals surface area contributed by atoms with E-state index in [1.54, 1.807) is 4.90 Å². The van der Waals surface area contributed by atoms with E-state index in [2.05, 4.69) is 10.1 Å². The van der Waals surface area contributed by atoms with Crippen molar-refractivity contribution in [2.24, 2.45) is 0 Å². The molecule has 9 heteroatoms. The van der Waals surface area contributed by atoms with Crippen LogP contribution in [-0.2, 0) is 6.18 Å². The molecular formula is C14H15F3N4OS. The molecule has 2 aromatic rings. The molecule has 1 atom stereocenters. The fraction of sp³-hybridized carbons (Fsp3) is 0.500. The number of H-pyrrole nitrogens is 1. The highest BCUT2D eigenvalue weighted by molar-refractivity contribution is 7.09. The Bertz CT molecular complexity index is 737. The summed E-state index contributed by atoms with van der Waals surface area (Å²) in [4.78, 5) is 18.6. The lowest BCUT2D eigenvalue weighted by molar-refractivity contribution is -0.141. The van der Waals surface area contributed by atoms with Crippen molar-refractivity contribution in [3.63, 3.8) is 0 Å².